The smallest absolute Gasteiger partial charge is 0.352 e. The first-order valence-corrected chi connectivity index (χ1v) is 5.06. The van der Waals surface area contributed by atoms with Gasteiger partial charge in [0.05, 0.1) is 6.54 Å². The largest absolute Gasteiger partial charge is 0.477 e. The van der Waals surface area contributed by atoms with Crippen LogP contribution in [0.5, 0.6) is 0 Å². The summed E-state index contributed by atoms with van der Waals surface area (Å²) < 4.78 is 1.73. The van der Waals surface area contributed by atoms with Crippen molar-refractivity contribution in [2.75, 3.05) is 0 Å². The quantitative estimate of drug-likeness (QED) is 0.839. The second kappa shape index (κ2) is 3.67. The second-order valence-corrected chi connectivity index (χ2v) is 3.94. The summed E-state index contributed by atoms with van der Waals surface area (Å²) >= 11 is 1.63. The lowest BCUT2D eigenvalue weighted by Crippen LogP contribution is -2.07. The molecule has 2 heterocycles. The first-order valence-electron chi connectivity index (χ1n) is 4.18. The van der Waals surface area contributed by atoms with Gasteiger partial charge in [-0.3, -0.25) is 0 Å². The highest BCUT2D eigenvalue weighted by molar-refractivity contribution is 7.09. The molecule has 14 heavy (non-hydrogen) atoms. The Bertz CT molecular complexity index is 431. The maximum absolute atomic E-state index is 10.8. The molecule has 0 aliphatic carbocycles. The third-order valence-electron chi connectivity index (χ3n) is 1.95. The molecule has 0 bridgehead atoms. The van der Waals surface area contributed by atoms with E-state index in [1.165, 1.54) is 0 Å². The number of thiophene rings is 1. The van der Waals surface area contributed by atoms with Crippen molar-refractivity contribution in [2.24, 2.45) is 0 Å². The van der Waals surface area contributed by atoms with Gasteiger partial charge in [-0.15, -0.1) is 11.3 Å². The molecule has 1 N–H and O–H groups in total. The molecule has 0 unspecified atom stereocenters. The standard InChI is InChI=1S/C10H9NO2S/c12-10(13)9-4-1-5-11(9)7-8-3-2-6-14-8/h1-6H,7H2,(H,12,13). The number of carboxylic acids is 1. The van der Waals surface area contributed by atoms with Crippen molar-refractivity contribution in [3.8, 4) is 0 Å². The number of hydrogen-bond donors (Lipinski definition) is 1. The van der Waals surface area contributed by atoms with Crippen LogP contribution in [0.2, 0.25) is 0 Å². The predicted octanol–water partition coefficient (Wildman–Crippen LogP) is 2.30. The zero-order chi connectivity index (χ0) is 9.97. The highest BCUT2D eigenvalue weighted by Gasteiger charge is 2.08. The Labute approximate surface area is 85.2 Å². The van der Waals surface area contributed by atoms with Gasteiger partial charge in [0.15, 0.2) is 0 Å². The molecule has 2 aromatic rings. The van der Waals surface area contributed by atoms with Crippen LogP contribution in [0.15, 0.2) is 35.8 Å². The fraction of sp³-hybridized carbons (Fsp3) is 0.100. The molecule has 2 aromatic heterocycles. The third-order valence-corrected chi connectivity index (χ3v) is 2.82. The van der Waals surface area contributed by atoms with E-state index in [0.29, 0.717) is 12.2 Å². The molecule has 4 heteroatoms. The molecule has 0 aliphatic heterocycles. The number of carboxylic acid groups (broad SMARTS) is 1. The molecule has 72 valence electrons. The van der Waals surface area contributed by atoms with E-state index in [1.54, 1.807) is 34.2 Å². The van der Waals surface area contributed by atoms with Crippen LogP contribution in [0.4, 0.5) is 0 Å². The molecule has 0 saturated heterocycles. The number of rotatable bonds is 3. The summed E-state index contributed by atoms with van der Waals surface area (Å²) in [5.74, 6) is -0.883. The predicted molar refractivity (Wildman–Crippen MR) is 54.8 cm³/mol. The van der Waals surface area contributed by atoms with Crippen LogP contribution in [-0.4, -0.2) is 15.6 Å². The molecule has 0 saturated carbocycles. The van der Waals surface area contributed by atoms with E-state index in [9.17, 15) is 4.79 Å². The van der Waals surface area contributed by atoms with Crippen LogP contribution in [0.25, 0.3) is 0 Å². The van der Waals surface area contributed by atoms with Gasteiger partial charge in [0.1, 0.15) is 5.69 Å². The van der Waals surface area contributed by atoms with E-state index in [0.717, 1.165) is 4.88 Å². The maximum Gasteiger partial charge on any atom is 0.352 e. The first kappa shape index (κ1) is 9.02. The van der Waals surface area contributed by atoms with E-state index < -0.39 is 5.97 Å². The first-order chi connectivity index (χ1) is 6.77. The van der Waals surface area contributed by atoms with Crippen molar-refractivity contribution in [3.05, 3.63) is 46.4 Å². The highest BCUT2D eigenvalue weighted by Crippen LogP contribution is 2.12. The summed E-state index contributed by atoms with van der Waals surface area (Å²) in [6.07, 6.45) is 1.78. The third kappa shape index (κ3) is 1.70. The molecule has 0 radical (unpaired) electrons. The lowest BCUT2D eigenvalue weighted by molar-refractivity contribution is 0.0686. The van der Waals surface area contributed by atoms with Crippen LogP contribution < -0.4 is 0 Å². The summed E-state index contributed by atoms with van der Waals surface area (Å²) in [6, 6.07) is 7.31. The zero-order valence-corrected chi connectivity index (χ0v) is 8.20. The normalized spacial score (nSPS) is 10.3. The molecule has 0 amide bonds. The molecule has 0 fully saturated rings. The van der Waals surface area contributed by atoms with E-state index in [2.05, 4.69) is 0 Å². The van der Waals surface area contributed by atoms with E-state index in [4.69, 9.17) is 5.11 Å². The second-order valence-electron chi connectivity index (χ2n) is 2.91. The summed E-state index contributed by atoms with van der Waals surface area (Å²) in [4.78, 5) is 12.0. The Morgan fingerprint density at radius 2 is 2.29 bits per heavy atom. The average molecular weight is 207 g/mol. The topological polar surface area (TPSA) is 42.2 Å². The van der Waals surface area contributed by atoms with Gasteiger partial charge in [-0.05, 0) is 23.6 Å². The minimum Gasteiger partial charge on any atom is -0.477 e. The van der Waals surface area contributed by atoms with Gasteiger partial charge < -0.3 is 9.67 Å². The van der Waals surface area contributed by atoms with E-state index in [1.807, 2.05) is 17.5 Å². The van der Waals surface area contributed by atoms with Gasteiger partial charge in [-0.2, -0.15) is 0 Å². The fourth-order valence-corrected chi connectivity index (χ4v) is 2.02. The van der Waals surface area contributed by atoms with Gasteiger partial charge in [0, 0.05) is 11.1 Å². The van der Waals surface area contributed by atoms with Gasteiger partial charge in [0.25, 0.3) is 0 Å². The summed E-state index contributed by atoms with van der Waals surface area (Å²) in [7, 11) is 0. The van der Waals surface area contributed by atoms with Crippen molar-refractivity contribution < 1.29 is 9.90 Å². The SMILES string of the molecule is O=C(O)c1cccn1Cc1cccs1. The Balaban J connectivity index is 2.25. The molecule has 3 nitrogen and oxygen atoms in total. The van der Waals surface area contributed by atoms with Gasteiger partial charge in [0.2, 0.25) is 0 Å². The van der Waals surface area contributed by atoms with Crippen LogP contribution in [-0.2, 0) is 6.54 Å². The molecule has 0 atom stereocenters. The highest BCUT2D eigenvalue weighted by atomic mass is 32.1. The molecule has 2 rings (SSSR count). The van der Waals surface area contributed by atoms with Crippen molar-refractivity contribution in [3.63, 3.8) is 0 Å². The van der Waals surface area contributed by atoms with Crippen LogP contribution in [0, 0.1) is 0 Å². The van der Waals surface area contributed by atoms with Crippen molar-refractivity contribution in [1.82, 2.24) is 4.57 Å². The minimum atomic E-state index is -0.883. The fourth-order valence-electron chi connectivity index (χ4n) is 1.32. The lowest BCUT2D eigenvalue weighted by atomic mass is 10.4. The number of aromatic nitrogens is 1. The molecule has 0 aliphatic rings. The summed E-state index contributed by atoms with van der Waals surface area (Å²) in [5.41, 5.74) is 0.332. The van der Waals surface area contributed by atoms with Crippen LogP contribution in [0.1, 0.15) is 15.4 Å². The number of aromatic carboxylic acids is 1. The molecule has 0 spiro atoms. The van der Waals surface area contributed by atoms with E-state index in [-0.39, 0.29) is 0 Å². The minimum absolute atomic E-state index is 0.332. The summed E-state index contributed by atoms with van der Waals surface area (Å²) in [6.45, 7) is 0.631. The average Bonchev–Trinajstić information content (AvgIpc) is 2.75. The Morgan fingerprint density at radius 3 is 2.93 bits per heavy atom. The van der Waals surface area contributed by atoms with Gasteiger partial charge in [-0.1, -0.05) is 6.07 Å². The Morgan fingerprint density at radius 1 is 1.43 bits per heavy atom. The van der Waals surface area contributed by atoms with Crippen LogP contribution >= 0.6 is 11.3 Å². The van der Waals surface area contributed by atoms with Gasteiger partial charge in [-0.25, -0.2) is 4.79 Å². The molecule has 0 aromatic carbocycles. The van der Waals surface area contributed by atoms with Crippen molar-refractivity contribution in [1.29, 1.82) is 0 Å². The number of nitrogens with zero attached hydrogens (tertiary/aromatic N) is 1. The Hall–Kier alpha value is -1.55. The zero-order valence-electron chi connectivity index (χ0n) is 7.38. The number of hydrogen-bond acceptors (Lipinski definition) is 2. The lowest BCUT2D eigenvalue weighted by Gasteiger charge is -2.03. The van der Waals surface area contributed by atoms with Gasteiger partial charge >= 0.3 is 5.97 Å². The van der Waals surface area contributed by atoms with E-state index >= 15 is 0 Å². The molecular formula is C10H9NO2S. The van der Waals surface area contributed by atoms with Crippen molar-refractivity contribution in [2.45, 2.75) is 6.54 Å². The molecular weight excluding hydrogens is 198 g/mol. The monoisotopic (exact) mass is 207 g/mol. The van der Waals surface area contributed by atoms with Crippen LogP contribution in [0.3, 0.4) is 0 Å². The summed E-state index contributed by atoms with van der Waals surface area (Å²) in [5, 5.41) is 10.9. The van der Waals surface area contributed by atoms with Crippen molar-refractivity contribution >= 4 is 17.3 Å². The number of carbonyl (C=O) groups is 1. The Kier molecular flexibility index (Phi) is 2.37. The maximum atomic E-state index is 10.8.